The molecule has 2 N–H and O–H groups in total. The first-order chi connectivity index (χ1) is 9.79. The number of hydrogen-bond donors (Lipinski definition) is 1. The third kappa shape index (κ3) is 3.92. The van der Waals surface area contributed by atoms with Crippen LogP contribution in [0.2, 0.25) is 0 Å². The summed E-state index contributed by atoms with van der Waals surface area (Å²) in [4.78, 5) is 27.2. The monoisotopic (exact) mass is 318 g/mol. The lowest BCUT2D eigenvalue weighted by Crippen LogP contribution is -2.55. The van der Waals surface area contributed by atoms with Crippen LogP contribution in [0.3, 0.4) is 0 Å². The number of carbonyl (C=O) groups is 2. The van der Waals surface area contributed by atoms with Gasteiger partial charge in [0.05, 0.1) is 18.8 Å². The molecule has 0 radical (unpaired) electrons. The van der Waals surface area contributed by atoms with E-state index in [1.54, 1.807) is 4.90 Å². The van der Waals surface area contributed by atoms with Crippen LogP contribution in [-0.2, 0) is 19.6 Å². The number of sulfonamides is 1. The van der Waals surface area contributed by atoms with Gasteiger partial charge in [0.25, 0.3) is 0 Å². The van der Waals surface area contributed by atoms with E-state index < -0.39 is 16.1 Å². The first-order valence-corrected chi connectivity index (χ1v) is 8.91. The number of rotatable bonds is 3. The minimum absolute atomic E-state index is 0.0331. The molecule has 2 aliphatic heterocycles. The van der Waals surface area contributed by atoms with Crippen molar-refractivity contribution in [1.82, 2.24) is 14.1 Å². The highest BCUT2D eigenvalue weighted by Gasteiger charge is 2.30. The van der Waals surface area contributed by atoms with E-state index in [0.717, 1.165) is 12.7 Å². The molecule has 0 unspecified atom stereocenters. The molecule has 0 spiro atoms. The maximum Gasteiger partial charge on any atom is 0.242 e. The maximum absolute atomic E-state index is 12.2. The zero-order chi connectivity index (χ0) is 15.6. The van der Waals surface area contributed by atoms with Gasteiger partial charge in [-0.3, -0.25) is 9.59 Å². The van der Waals surface area contributed by atoms with Crippen molar-refractivity contribution in [1.29, 1.82) is 0 Å². The fraction of sp³-hybridized carbons (Fsp3) is 0.833. The van der Waals surface area contributed by atoms with Gasteiger partial charge in [0.1, 0.15) is 0 Å². The fourth-order valence-electron chi connectivity index (χ4n) is 2.66. The predicted octanol–water partition coefficient (Wildman–Crippen LogP) is -1.96. The summed E-state index contributed by atoms with van der Waals surface area (Å²) in [5, 5.41) is 0. The molecule has 0 bridgehead atoms. The normalized spacial score (nSPS) is 25.2. The summed E-state index contributed by atoms with van der Waals surface area (Å²) < 4.78 is 24.2. The summed E-state index contributed by atoms with van der Waals surface area (Å²) in [6, 6.07) is -0.506. The average molecular weight is 318 g/mol. The van der Waals surface area contributed by atoms with Crippen molar-refractivity contribution in [3.05, 3.63) is 0 Å². The van der Waals surface area contributed by atoms with Crippen LogP contribution in [0.25, 0.3) is 0 Å². The van der Waals surface area contributed by atoms with Gasteiger partial charge >= 0.3 is 0 Å². The van der Waals surface area contributed by atoms with Crippen molar-refractivity contribution in [2.24, 2.45) is 5.73 Å². The van der Waals surface area contributed by atoms with E-state index in [4.69, 9.17) is 5.73 Å². The third-order valence-corrected chi connectivity index (χ3v) is 5.26. The van der Waals surface area contributed by atoms with Gasteiger partial charge in [0, 0.05) is 32.7 Å². The minimum atomic E-state index is -3.20. The van der Waals surface area contributed by atoms with Gasteiger partial charge in [-0.05, 0) is 12.8 Å². The lowest BCUT2D eigenvalue weighted by atomic mass is 10.1. The number of carbonyl (C=O) groups excluding carboxylic acids is 2. The van der Waals surface area contributed by atoms with Crippen molar-refractivity contribution in [3.8, 4) is 0 Å². The molecule has 2 amide bonds. The molecular formula is C12H22N4O4S. The molecule has 0 saturated carbocycles. The van der Waals surface area contributed by atoms with Gasteiger partial charge < -0.3 is 15.5 Å². The van der Waals surface area contributed by atoms with E-state index in [-0.39, 0.29) is 18.4 Å². The second-order valence-corrected chi connectivity index (χ2v) is 7.53. The zero-order valence-electron chi connectivity index (χ0n) is 12.2. The Hall–Kier alpha value is -1.19. The Labute approximate surface area is 124 Å². The Kier molecular flexibility index (Phi) is 4.84. The standard InChI is InChI=1S/C12H22N4O4S/c1-21(19,20)16-7-5-14(6-8-16)11(17)9-15-4-2-3-10(13)12(15)18/h10H,2-9,13H2,1H3/t10-/m0/s1. The number of amides is 2. The Morgan fingerprint density at radius 2 is 1.86 bits per heavy atom. The van der Waals surface area contributed by atoms with E-state index in [1.165, 1.54) is 9.21 Å². The smallest absolute Gasteiger partial charge is 0.242 e. The van der Waals surface area contributed by atoms with Crippen LogP contribution < -0.4 is 5.73 Å². The molecule has 0 aliphatic carbocycles. The van der Waals surface area contributed by atoms with Crippen LogP contribution in [-0.4, -0.2) is 85.9 Å². The van der Waals surface area contributed by atoms with Crippen LogP contribution in [0, 0.1) is 0 Å². The first kappa shape index (κ1) is 16.2. The van der Waals surface area contributed by atoms with Gasteiger partial charge in [0.2, 0.25) is 21.8 Å². The lowest BCUT2D eigenvalue weighted by Gasteiger charge is -2.36. The van der Waals surface area contributed by atoms with Crippen LogP contribution in [0.5, 0.6) is 0 Å². The highest BCUT2D eigenvalue weighted by atomic mass is 32.2. The SMILES string of the molecule is CS(=O)(=O)N1CCN(C(=O)CN2CCC[C@H](N)C2=O)CC1. The lowest BCUT2D eigenvalue weighted by molar-refractivity contribution is -0.143. The Bertz CT molecular complexity index is 513. The topological polar surface area (TPSA) is 104 Å². The predicted molar refractivity (Wildman–Crippen MR) is 76.8 cm³/mol. The van der Waals surface area contributed by atoms with E-state index in [0.29, 0.717) is 39.1 Å². The molecule has 2 heterocycles. The summed E-state index contributed by atoms with van der Waals surface area (Å²) in [7, 11) is -3.20. The second-order valence-electron chi connectivity index (χ2n) is 5.55. The van der Waals surface area contributed by atoms with Gasteiger partial charge in [-0.1, -0.05) is 0 Å². The average Bonchev–Trinajstić information content (AvgIpc) is 2.43. The molecule has 21 heavy (non-hydrogen) atoms. The number of hydrogen-bond acceptors (Lipinski definition) is 5. The second kappa shape index (κ2) is 6.29. The highest BCUT2D eigenvalue weighted by molar-refractivity contribution is 7.88. The molecule has 1 atom stereocenters. The third-order valence-electron chi connectivity index (χ3n) is 3.96. The quantitative estimate of drug-likeness (QED) is 0.651. The van der Waals surface area contributed by atoms with E-state index >= 15 is 0 Å². The van der Waals surface area contributed by atoms with E-state index in [9.17, 15) is 18.0 Å². The van der Waals surface area contributed by atoms with Crippen LogP contribution in [0.15, 0.2) is 0 Å². The molecule has 8 nitrogen and oxygen atoms in total. The fourth-order valence-corrected chi connectivity index (χ4v) is 3.49. The van der Waals surface area contributed by atoms with Crippen LogP contribution in [0.1, 0.15) is 12.8 Å². The Morgan fingerprint density at radius 1 is 1.24 bits per heavy atom. The van der Waals surface area contributed by atoms with Crippen molar-refractivity contribution >= 4 is 21.8 Å². The van der Waals surface area contributed by atoms with Crippen molar-refractivity contribution in [2.75, 3.05) is 45.5 Å². The summed E-state index contributed by atoms with van der Waals surface area (Å²) in [5.41, 5.74) is 5.70. The van der Waals surface area contributed by atoms with Gasteiger partial charge in [0.15, 0.2) is 0 Å². The first-order valence-electron chi connectivity index (χ1n) is 7.06. The van der Waals surface area contributed by atoms with Crippen molar-refractivity contribution in [2.45, 2.75) is 18.9 Å². The van der Waals surface area contributed by atoms with Crippen LogP contribution in [0.4, 0.5) is 0 Å². The molecular weight excluding hydrogens is 296 g/mol. The molecule has 2 fully saturated rings. The number of nitrogens with zero attached hydrogens (tertiary/aromatic N) is 3. The summed E-state index contributed by atoms with van der Waals surface area (Å²) in [5.74, 6) is -0.324. The minimum Gasteiger partial charge on any atom is -0.339 e. The summed E-state index contributed by atoms with van der Waals surface area (Å²) in [6.07, 6.45) is 2.64. The highest BCUT2D eigenvalue weighted by Crippen LogP contribution is 2.11. The molecule has 120 valence electrons. The Balaban J connectivity index is 1.86. The van der Waals surface area contributed by atoms with E-state index in [1.807, 2.05) is 0 Å². The largest absolute Gasteiger partial charge is 0.339 e. The van der Waals surface area contributed by atoms with Crippen molar-refractivity contribution in [3.63, 3.8) is 0 Å². The Morgan fingerprint density at radius 3 is 2.43 bits per heavy atom. The van der Waals surface area contributed by atoms with Gasteiger partial charge in [-0.2, -0.15) is 4.31 Å². The molecule has 0 aromatic rings. The van der Waals surface area contributed by atoms with Gasteiger partial charge in [-0.15, -0.1) is 0 Å². The molecule has 0 aromatic heterocycles. The molecule has 2 rings (SSSR count). The number of likely N-dealkylation sites (tertiary alicyclic amines) is 1. The number of piperidine rings is 1. The zero-order valence-corrected chi connectivity index (χ0v) is 13.0. The summed E-state index contributed by atoms with van der Waals surface area (Å²) in [6.45, 7) is 1.92. The molecule has 2 saturated heterocycles. The molecule has 2 aliphatic rings. The maximum atomic E-state index is 12.2. The number of piperazine rings is 1. The van der Waals surface area contributed by atoms with Gasteiger partial charge in [-0.25, -0.2) is 8.42 Å². The van der Waals surface area contributed by atoms with E-state index in [2.05, 4.69) is 0 Å². The number of nitrogens with two attached hydrogens (primary N) is 1. The summed E-state index contributed by atoms with van der Waals surface area (Å²) >= 11 is 0. The van der Waals surface area contributed by atoms with Crippen molar-refractivity contribution < 1.29 is 18.0 Å². The van der Waals surface area contributed by atoms with Crippen LogP contribution >= 0.6 is 0 Å². The molecule has 9 heteroatoms. The molecule has 0 aromatic carbocycles.